The Morgan fingerprint density at radius 1 is 0.850 bits per heavy atom. The van der Waals surface area contributed by atoms with Crippen LogP contribution in [0.15, 0.2) is 106 Å². The molecule has 40 heavy (non-hydrogen) atoms. The van der Waals surface area contributed by atoms with E-state index in [0.717, 1.165) is 0 Å². The standard InChI is InChI=1S/C30H21Cl2NO6S/c1-2-38-30(35)27-25-18-23(14-17-26(25)39-28(27)19-6-4-3-5-7-19)33(29(34)20-8-10-21(31)11-9-20)40(36,37)24-15-12-22(32)13-16-24/h3-18H,2H2,1H3. The quantitative estimate of drug-likeness (QED) is 0.180. The lowest BCUT2D eigenvalue weighted by Crippen LogP contribution is -2.37. The molecule has 1 aromatic heterocycles. The lowest BCUT2D eigenvalue weighted by atomic mass is 10.1. The summed E-state index contributed by atoms with van der Waals surface area (Å²) in [7, 11) is -4.44. The maximum absolute atomic E-state index is 13.9. The van der Waals surface area contributed by atoms with Gasteiger partial charge in [-0.2, -0.15) is 4.31 Å². The fraction of sp³-hybridized carbons (Fsp3) is 0.0667. The van der Waals surface area contributed by atoms with Gasteiger partial charge in [-0.25, -0.2) is 13.2 Å². The molecular formula is C30H21Cl2NO6S. The van der Waals surface area contributed by atoms with E-state index in [2.05, 4.69) is 0 Å². The Morgan fingerprint density at radius 2 is 1.48 bits per heavy atom. The van der Waals surface area contributed by atoms with Crippen molar-refractivity contribution in [1.29, 1.82) is 0 Å². The van der Waals surface area contributed by atoms with Crippen molar-refractivity contribution in [2.24, 2.45) is 0 Å². The SMILES string of the molecule is CCOC(=O)c1c(-c2ccccc2)oc2ccc(N(C(=O)c3ccc(Cl)cc3)S(=O)(=O)c3ccc(Cl)cc3)cc12. The van der Waals surface area contributed by atoms with Gasteiger partial charge in [0.15, 0.2) is 0 Å². The zero-order chi connectivity index (χ0) is 28.4. The Balaban J connectivity index is 1.74. The van der Waals surface area contributed by atoms with Crippen LogP contribution in [0.25, 0.3) is 22.3 Å². The van der Waals surface area contributed by atoms with E-state index in [0.29, 0.717) is 25.5 Å². The molecule has 5 aromatic rings. The van der Waals surface area contributed by atoms with Crippen LogP contribution in [0.2, 0.25) is 10.0 Å². The number of fused-ring (bicyclic) bond motifs is 1. The van der Waals surface area contributed by atoms with Gasteiger partial charge in [-0.05, 0) is 73.7 Å². The van der Waals surface area contributed by atoms with E-state index in [4.69, 9.17) is 32.4 Å². The number of rotatable bonds is 7. The predicted molar refractivity (Wildman–Crippen MR) is 155 cm³/mol. The molecule has 0 aliphatic heterocycles. The van der Waals surface area contributed by atoms with Crippen molar-refractivity contribution >= 4 is 61.8 Å². The third kappa shape index (κ3) is 5.21. The number of esters is 1. The summed E-state index contributed by atoms with van der Waals surface area (Å²) < 4.78 is 39.9. The van der Waals surface area contributed by atoms with Crippen molar-refractivity contribution in [2.75, 3.05) is 10.9 Å². The molecule has 0 bridgehead atoms. The number of ether oxygens (including phenoxy) is 1. The summed E-state index contributed by atoms with van der Waals surface area (Å²) in [5.74, 6) is -1.20. The molecule has 5 rings (SSSR count). The molecule has 0 spiro atoms. The number of hydrogen-bond donors (Lipinski definition) is 0. The van der Waals surface area contributed by atoms with Crippen LogP contribution < -0.4 is 4.31 Å². The van der Waals surface area contributed by atoms with Gasteiger partial charge in [0.2, 0.25) is 0 Å². The molecule has 1 amide bonds. The van der Waals surface area contributed by atoms with Crippen molar-refractivity contribution in [1.82, 2.24) is 0 Å². The second-order valence-electron chi connectivity index (χ2n) is 8.61. The third-order valence-corrected chi connectivity index (χ3v) is 8.28. The van der Waals surface area contributed by atoms with Crippen LogP contribution in [0.1, 0.15) is 27.6 Å². The Labute approximate surface area is 240 Å². The first-order valence-electron chi connectivity index (χ1n) is 12.1. The molecular weight excluding hydrogens is 573 g/mol. The van der Waals surface area contributed by atoms with Crippen molar-refractivity contribution in [2.45, 2.75) is 11.8 Å². The maximum Gasteiger partial charge on any atom is 0.342 e. The number of nitrogens with zero attached hydrogens (tertiary/aromatic N) is 1. The molecule has 4 aromatic carbocycles. The molecule has 0 aliphatic rings. The highest BCUT2D eigenvalue weighted by atomic mass is 35.5. The molecule has 202 valence electrons. The summed E-state index contributed by atoms with van der Waals surface area (Å²) in [6.07, 6.45) is 0. The molecule has 10 heteroatoms. The van der Waals surface area contributed by atoms with E-state index in [-0.39, 0.29) is 39.5 Å². The normalized spacial score (nSPS) is 11.4. The Kier molecular flexibility index (Phi) is 7.67. The highest BCUT2D eigenvalue weighted by Gasteiger charge is 2.33. The zero-order valence-electron chi connectivity index (χ0n) is 21.0. The molecule has 7 nitrogen and oxygen atoms in total. The summed E-state index contributed by atoms with van der Waals surface area (Å²) in [4.78, 5) is 26.8. The number of amides is 1. The molecule has 0 N–H and O–H groups in total. The molecule has 0 atom stereocenters. The molecule has 0 unspecified atom stereocenters. The van der Waals surface area contributed by atoms with E-state index in [1.165, 1.54) is 66.7 Å². The number of benzene rings is 4. The first kappa shape index (κ1) is 27.5. The lowest BCUT2D eigenvalue weighted by molar-refractivity contribution is 0.0528. The smallest absolute Gasteiger partial charge is 0.342 e. The topological polar surface area (TPSA) is 93.9 Å². The summed E-state index contributed by atoms with van der Waals surface area (Å²) in [6, 6.07) is 24.7. The Bertz CT molecular complexity index is 1820. The van der Waals surface area contributed by atoms with Crippen molar-refractivity contribution in [3.8, 4) is 11.3 Å². The fourth-order valence-electron chi connectivity index (χ4n) is 4.20. The summed E-state index contributed by atoms with van der Waals surface area (Å²) in [5.41, 5.74) is 1.14. The molecule has 0 saturated carbocycles. The number of halogens is 2. The van der Waals surface area contributed by atoms with Gasteiger partial charge in [0.25, 0.3) is 15.9 Å². The lowest BCUT2D eigenvalue weighted by Gasteiger charge is -2.23. The number of carbonyl (C=O) groups is 2. The minimum Gasteiger partial charge on any atom is -0.462 e. The van der Waals surface area contributed by atoms with Gasteiger partial charge >= 0.3 is 5.97 Å². The summed E-state index contributed by atoms with van der Waals surface area (Å²) >= 11 is 12.0. The number of anilines is 1. The van der Waals surface area contributed by atoms with Crippen LogP contribution in [0.5, 0.6) is 0 Å². The Morgan fingerprint density at radius 3 is 2.10 bits per heavy atom. The van der Waals surface area contributed by atoms with E-state index < -0.39 is 21.9 Å². The van der Waals surface area contributed by atoms with E-state index in [1.807, 2.05) is 6.07 Å². The average Bonchev–Trinajstić information content (AvgIpc) is 3.33. The van der Waals surface area contributed by atoms with Crippen molar-refractivity contribution in [3.63, 3.8) is 0 Å². The van der Waals surface area contributed by atoms with Gasteiger partial charge in [0.05, 0.1) is 17.2 Å². The highest BCUT2D eigenvalue weighted by molar-refractivity contribution is 7.93. The largest absolute Gasteiger partial charge is 0.462 e. The van der Waals surface area contributed by atoms with Crippen LogP contribution in [0.3, 0.4) is 0 Å². The van der Waals surface area contributed by atoms with Crippen LogP contribution >= 0.6 is 23.2 Å². The van der Waals surface area contributed by atoms with Crippen LogP contribution in [0.4, 0.5) is 5.69 Å². The summed E-state index contributed by atoms with van der Waals surface area (Å²) in [6.45, 7) is 1.80. The second kappa shape index (κ2) is 11.2. The maximum atomic E-state index is 13.9. The summed E-state index contributed by atoms with van der Waals surface area (Å²) in [5, 5.41) is 1.01. The number of sulfonamides is 1. The van der Waals surface area contributed by atoms with Crippen LogP contribution in [-0.2, 0) is 14.8 Å². The van der Waals surface area contributed by atoms with Gasteiger partial charge in [-0.1, -0.05) is 53.5 Å². The minimum absolute atomic E-state index is 0.00615. The van der Waals surface area contributed by atoms with E-state index in [9.17, 15) is 18.0 Å². The Hall–Kier alpha value is -4.11. The van der Waals surface area contributed by atoms with Crippen LogP contribution in [0, 0.1) is 0 Å². The van der Waals surface area contributed by atoms with E-state index >= 15 is 0 Å². The average molecular weight is 594 g/mol. The van der Waals surface area contributed by atoms with Gasteiger partial charge in [0.1, 0.15) is 16.9 Å². The second-order valence-corrected chi connectivity index (χ2v) is 11.3. The monoisotopic (exact) mass is 593 g/mol. The predicted octanol–water partition coefficient (Wildman–Crippen LogP) is 7.62. The zero-order valence-corrected chi connectivity index (χ0v) is 23.3. The third-order valence-electron chi connectivity index (χ3n) is 6.05. The van der Waals surface area contributed by atoms with Crippen molar-refractivity contribution in [3.05, 3.63) is 118 Å². The minimum atomic E-state index is -4.44. The van der Waals surface area contributed by atoms with Gasteiger partial charge in [-0.15, -0.1) is 0 Å². The first-order valence-corrected chi connectivity index (χ1v) is 14.3. The number of hydrogen-bond acceptors (Lipinski definition) is 6. The first-order chi connectivity index (χ1) is 19.2. The molecule has 1 heterocycles. The molecule has 0 saturated heterocycles. The molecule has 0 radical (unpaired) electrons. The molecule has 0 fully saturated rings. The fourth-order valence-corrected chi connectivity index (χ4v) is 5.86. The van der Waals surface area contributed by atoms with Gasteiger partial charge in [0, 0.05) is 26.6 Å². The van der Waals surface area contributed by atoms with E-state index in [1.54, 1.807) is 31.2 Å². The number of furan rings is 1. The van der Waals surface area contributed by atoms with Crippen LogP contribution in [-0.4, -0.2) is 26.9 Å². The van der Waals surface area contributed by atoms with Gasteiger partial charge < -0.3 is 9.15 Å². The number of carbonyl (C=O) groups excluding carboxylic acids is 2. The van der Waals surface area contributed by atoms with Gasteiger partial charge in [-0.3, -0.25) is 4.79 Å². The molecule has 0 aliphatic carbocycles. The highest BCUT2D eigenvalue weighted by Crippen LogP contribution is 2.38. The van der Waals surface area contributed by atoms with Crippen molar-refractivity contribution < 1.29 is 27.2 Å².